The number of benzene rings is 1. The SMILES string of the molecule is NCCC(=O)c1ccccc1S(=O)(=O)C1COC1. The second-order valence-electron chi connectivity index (χ2n) is 4.16. The van der Waals surface area contributed by atoms with Crippen LogP contribution < -0.4 is 5.73 Å². The molecule has 6 heteroatoms. The number of hydrogen-bond donors (Lipinski definition) is 1. The van der Waals surface area contributed by atoms with E-state index in [1.54, 1.807) is 12.1 Å². The molecule has 1 aromatic carbocycles. The number of carbonyl (C=O) groups excluding carboxylic acids is 1. The minimum absolute atomic E-state index is 0.0942. The van der Waals surface area contributed by atoms with Gasteiger partial charge in [0.1, 0.15) is 5.25 Å². The molecule has 0 aromatic heterocycles. The largest absolute Gasteiger partial charge is 0.379 e. The van der Waals surface area contributed by atoms with Crippen molar-refractivity contribution in [1.29, 1.82) is 0 Å². The van der Waals surface area contributed by atoms with Crippen LogP contribution >= 0.6 is 0 Å². The van der Waals surface area contributed by atoms with E-state index in [4.69, 9.17) is 10.5 Å². The van der Waals surface area contributed by atoms with E-state index < -0.39 is 15.1 Å². The van der Waals surface area contributed by atoms with Crippen LogP contribution in [0.5, 0.6) is 0 Å². The molecule has 0 radical (unpaired) electrons. The molecule has 2 rings (SSSR count). The minimum Gasteiger partial charge on any atom is -0.379 e. The molecule has 98 valence electrons. The standard InChI is InChI=1S/C12H15NO4S/c13-6-5-11(14)10-3-1-2-4-12(10)18(15,16)9-7-17-8-9/h1-4,9H,5-8,13H2. The average molecular weight is 269 g/mol. The van der Waals surface area contributed by atoms with Crippen molar-refractivity contribution >= 4 is 15.6 Å². The third-order valence-corrected chi connectivity index (χ3v) is 5.03. The van der Waals surface area contributed by atoms with Gasteiger partial charge in [-0.25, -0.2) is 8.42 Å². The van der Waals surface area contributed by atoms with E-state index in [0.29, 0.717) is 0 Å². The number of Topliss-reactive ketones (excluding diaryl/α,β-unsaturated/α-hetero) is 1. The van der Waals surface area contributed by atoms with E-state index in [0.717, 1.165) is 0 Å². The predicted octanol–water partition coefficient (Wildman–Crippen LogP) is 0.391. The summed E-state index contributed by atoms with van der Waals surface area (Å²) in [4.78, 5) is 12.0. The lowest BCUT2D eigenvalue weighted by atomic mass is 10.1. The summed E-state index contributed by atoms with van der Waals surface area (Å²) in [6, 6.07) is 6.27. The Bertz CT molecular complexity index is 549. The van der Waals surface area contributed by atoms with Crippen molar-refractivity contribution in [3.05, 3.63) is 29.8 Å². The first-order valence-corrected chi connectivity index (χ1v) is 7.26. The zero-order valence-electron chi connectivity index (χ0n) is 9.83. The molecule has 1 aliphatic heterocycles. The van der Waals surface area contributed by atoms with E-state index in [1.807, 2.05) is 0 Å². The fraction of sp³-hybridized carbons (Fsp3) is 0.417. The first-order chi connectivity index (χ1) is 8.57. The molecule has 18 heavy (non-hydrogen) atoms. The Morgan fingerprint density at radius 3 is 2.56 bits per heavy atom. The maximum Gasteiger partial charge on any atom is 0.186 e. The van der Waals surface area contributed by atoms with Crippen molar-refractivity contribution in [3.8, 4) is 0 Å². The molecule has 0 saturated carbocycles. The first-order valence-electron chi connectivity index (χ1n) is 5.71. The van der Waals surface area contributed by atoms with Crippen LogP contribution in [-0.4, -0.2) is 39.2 Å². The Morgan fingerprint density at radius 2 is 2.00 bits per heavy atom. The highest BCUT2D eigenvalue weighted by Gasteiger charge is 2.35. The van der Waals surface area contributed by atoms with E-state index in [1.165, 1.54) is 12.1 Å². The molecule has 1 aromatic rings. The zero-order chi connectivity index (χ0) is 13.2. The molecule has 1 fully saturated rings. The molecular weight excluding hydrogens is 254 g/mol. The Morgan fingerprint density at radius 1 is 1.33 bits per heavy atom. The Labute approximate surface area is 106 Å². The summed E-state index contributed by atoms with van der Waals surface area (Å²) in [6.45, 7) is 0.600. The van der Waals surface area contributed by atoms with Crippen LogP contribution in [0.2, 0.25) is 0 Å². The monoisotopic (exact) mass is 269 g/mol. The van der Waals surface area contributed by atoms with E-state index in [2.05, 4.69) is 0 Å². The summed E-state index contributed by atoms with van der Waals surface area (Å²) in [5.74, 6) is -0.239. The lowest BCUT2D eigenvalue weighted by Gasteiger charge is -2.26. The number of ether oxygens (including phenoxy) is 1. The molecule has 0 unspecified atom stereocenters. The molecule has 2 N–H and O–H groups in total. The average Bonchev–Trinajstić information content (AvgIpc) is 2.26. The Kier molecular flexibility index (Phi) is 3.79. The van der Waals surface area contributed by atoms with Gasteiger partial charge < -0.3 is 10.5 Å². The van der Waals surface area contributed by atoms with E-state index in [-0.39, 0.29) is 42.4 Å². The molecule has 1 aliphatic rings. The Hall–Kier alpha value is -1.24. The molecule has 1 saturated heterocycles. The van der Waals surface area contributed by atoms with Gasteiger partial charge in [-0.3, -0.25) is 4.79 Å². The summed E-state index contributed by atoms with van der Waals surface area (Å²) < 4.78 is 29.5. The molecule has 0 atom stereocenters. The van der Waals surface area contributed by atoms with Crippen LogP contribution in [0.4, 0.5) is 0 Å². The summed E-state index contributed by atoms with van der Waals surface area (Å²) in [6.07, 6.45) is 0.147. The van der Waals surface area contributed by atoms with Gasteiger partial charge in [-0.2, -0.15) is 0 Å². The molecule has 0 amide bonds. The van der Waals surface area contributed by atoms with Gasteiger partial charge in [0, 0.05) is 12.0 Å². The van der Waals surface area contributed by atoms with Crippen LogP contribution in [0, 0.1) is 0 Å². The van der Waals surface area contributed by atoms with Crippen LogP contribution in [0.1, 0.15) is 16.8 Å². The smallest absolute Gasteiger partial charge is 0.186 e. The first kappa shape index (κ1) is 13.2. The summed E-state index contributed by atoms with van der Waals surface area (Å²) >= 11 is 0. The fourth-order valence-corrected chi connectivity index (χ4v) is 3.45. The lowest BCUT2D eigenvalue weighted by molar-refractivity contribution is 0.0415. The number of rotatable bonds is 5. The van der Waals surface area contributed by atoms with Gasteiger partial charge in [-0.05, 0) is 12.6 Å². The van der Waals surface area contributed by atoms with Crippen LogP contribution in [-0.2, 0) is 14.6 Å². The predicted molar refractivity (Wildman–Crippen MR) is 66.2 cm³/mol. The van der Waals surface area contributed by atoms with Crippen molar-refractivity contribution in [1.82, 2.24) is 0 Å². The zero-order valence-corrected chi connectivity index (χ0v) is 10.7. The maximum absolute atomic E-state index is 12.3. The molecule has 1 heterocycles. The number of ketones is 1. The van der Waals surface area contributed by atoms with E-state index >= 15 is 0 Å². The molecular formula is C12H15NO4S. The van der Waals surface area contributed by atoms with Gasteiger partial charge in [-0.15, -0.1) is 0 Å². The topological polar surface area (TPSA) is 86.5 Å². The van der Waals surface area contributed by atoms with E-state index in [9.17, 15) is 13.2 Å². The maximum atomic E-state index is 12.3. The highest BCUT2D eigenvalue weighted by molar-refractivity contribution is 7.92. The number of carbonyl (C=O) groups is 1. The van der Waals surface area contributed by atoms with Crippen LogP contribution in [0.15, 0.2) is 29.2 Å². The third kappa shape index (κ3) is 2.31. The number of hydrogen-bond acceptors (Lipinski definition) is 5. The highest BCUT2D eigenvalue weighted by Crippen LogP contribution is 2.25. The summed E-state index contributed by atoms with van der Waals surface area (Å²) in [7, 11) is -3.48. The van der Waals surface area contributed by atoms with Gasteiger partial charge in [0.25, 0.3) is 0 Å². The third-order valence-electron chi connectivity index (χ3n) is 2.91. The van der Waals surface area contributed by atoms with Crippen molar-refractivity contribution in [2.24, 2.45) is 5.73 Å². The van der Waals surface area contributed by atoms with Crippen molar-refractivity contribution in [2.75, 3.05) is 19.8 Å². The summed E-state index contributed by atoms with van der Waals surface area (Å²) in [5.41, 5.74) is 5.56. The van der Waals surface area contributed by atoms with Gasteiger partial charge in [0.05, 0.1) is 18.1 Å². The quantitative estimate of drug-likeness (QED) is 0.781. The fourth-order valence-electron chi connectivity index (χ4n) is 1.78. The van der Waals surface area contributed by atoms with Gasteiger partial charge in [0.2, 0.25) is 0 Å². The summed E-state index contributed by atoms with van der Waals surface area (Å²) in [5, 5.41) is -0.538. The van der Waals surface area contributed by atoms with Crippen molar-refractivity contribution in [2.45, 2.75) is 16.6 Å². The molecule has 0 spiro atoms. The molecule has 0 bridgehead atoms. The normalized spacial score (nSPS) is 16.3. The van der Waals surface area contributed by atoms with Crippen LogP contribution in [0.25, 0.3) is 0 Å². The Balaban J connectivity index is 2.41. The molecule has 5 nitrogen and oxygen atoms in total. The van der Waals surface area contributed by atoms with Gasteiger partial charge in [0.15, 0.2) is 15.6 Å². The lowest BCUT2D eigenvalue weighted by Crippen LogP contribution is -2.41. The second-order valence-corrected chi connectivity index (χ2v) is 6.36. The van der Waals surface area contributed by atoms with Crippen molar-refractivity contribution in [3.63, 3.8) is 0 Å². The number of sulfone groups is 1. The highest BCUT2D eigenvalue weighted by atomic mass is 32.2. The minimum atomic E-state index is -3.48. The van der Waals surface area contributed by atoms with Crippen molar-refractivity contribution < 1.29 is 17.9 Å². The second kappa shape index (κ2) is 5.17. The van der Waals surface area contributed by atoms with Crippen LogP contribution in [0.3, 0.4) is 0 Å². The number of nitrogens with two attached hydrogens (primary N) is 1. The van der Waals surface area contributed by atoms with Gasteiger partial charge >= 0.3 is 0 Å². The molecule has 0 aliphatic carbocycles. The van der Waals surface area contributed by atoms with Gasteiger partial charge in [-0.1, -0.05) is 18.2 Å².